The second-order valence-corrected chi connectivity index (χ2v) is 21.4. The fourth-order valence-electron chi connectivity index (χ4n) is 12.7. The van der Waals surface area contributed by atoms with Crippen LogP contribution in [0.25, 0.3) is 11.1 Å². The highest BCUT2D eigenvalue weighted by molar-refractivity contribution is 9.10. The number of allylic oxidation sites excluding steroid dienone is 2. The van der Waals surface area contributed by atoms with Crippen molar-refractivity contribution in [1.82, 2.24) is 0 Å². The molecule has 1 N–H and O–H groups in total. The van der Waals surface area contributed by atoms with E-state index in [1.807, 2.05) is 26.4 Å². The van der Waals surface area contributed by atoms with Crippen LogP contribution in [-0.4, -0.2) is 14.2 Å². The fraction of sp³-hybridized carbons (Fsp3) is 0.135. The molecule has 10 aromatic carbocycles. The smallest absolute Gasteiger partial charge is 0.118 e. The first-order chi connectivity index (χ1) is 39.0. The van der Waals surface area contributed by atoms with Crippen LogP contribution < -0.4 is 10.2 Å². The van der Waals surface area contributed by atoms with E-state index in [0.717, 1.165) is 44.2 Å². The highest BCUT2D eigenvalue weighted by Crippen LogP contribution is 2.50. The Hall–Kier alpha value is -8.32. The van der Waals surface area contributed by atoms with Gasteiger partial charge in [0.25, 0.3) is 0 Å². The van der Waals surface area contributed by atoms with Crippen LogP contribution in [0, 0.1) is 0 Å². The molecular formula is C74H63BrN2O2. The zero-order valence-electron chi connectivity index (χ0n) is 44.8. The molecule has 2 unspecified atom stereocenters. The molecule has 4 nitrogen and oxygen atoms in total. The maximum absolute atomic E-state index is 6.09. The summed E-state index contributed by atoms with van der Waals surface area (Å²) in [5.41, 5.74) is 23.8. The van der Waals surface area contributed by atoms with Crippen molar-refractivity contribution in [3.63, 3.8) is 0 Å². The summed E-state index contributed by atoms with van der Waals surface area (Å²) in [7, 11) is 3.63. The second kappa shape index (κ2) is 22.9. The summed E-state index contributed by atoms with van der Waals surface area (Å²) >= 11 is 3.65. The van der Waals surface area contributed by atoms with E-state index in [2.05, 4.69) is 281 Å². The number of para-hydroxylation sites is 2. The number of fused-ring (bicyclic) bond motifs is 4. The number of anilines is 5. The Morgan fingerprint density at radius 2 is 0.823 bits per heavy atom. The predicted molar refractivity (Wildman–Crippen MR) is 331 cm³/mol. The highest BCUT2D eigenvalue weighted by Gasteiger charge is 2.42. The van der Waals surface area contributed by atoms with Gasteiger partial charge < -0.3 is 19.7 Å². The number of ether oxygens (including phenoxy) is 2. The van der Waals surface area contributed by atoms with Crippen molar-refractivity contribution in [2.75, 3.05) is 24.4 Å². The van der Waals surface area contributed by atoms with Gasteiger partial charge in [-0.25, -0.2) is 0 Å². The lowest BCUT2D eigenvalue weighted by atomic mass is 9.87. The number of hydrogen-bond donors (Lipinski definition) is 1. The molecule has 0 saturated carbocycles. The molecule has 10 aromatic rings. The minimum absolute atomic E-state index is 0.277. The highest BCUT2D eigenvalue weighted by atomic mass is 79.9. The average molecular weight is 1090 g/mol. The zero-order valence-corrected chi connectivity index (χ0v) is 46.4. The second-order valence-electron chi connectivity index (χ2n) is 20.5. The molecule has 0 fully saturated rings. The van der Waals surface area contributed by atoms with E-state index >= 15 is 0 Å². The van der Waals surface area contributed by atoms with Crippen LogP contribution in [0.4, 0.5) is 28.4 Å². The Kier molecular flexibility index (Phi) is 14.9. The molecule has 0 saturated heterocycles. The topological polar surface area (TPSA) is 33.7 Å². The number of benzene rings is 10. The largest absolute Gasteiger partial charge is 0.369 e. The van der Waals surface area contributed by atoms with Crippen molar-refractivity contribution < 1.29 is 9.47 Å². The molecule has 4 aliphatic rings. The summed E-state index contributed by atoms with van der Waals surface area (Å²) in [4.78, 5) is 2.47. The summed E-state index contributed by atoms with van der Waals surface area (Å²) in [6.45, 7) is 0. The van der Waals surface area contributed by atoms with Crippen molar-refractivity contribution in [3.8, 4) is 0 Å². The lowest BCUT2D eigenvalue weighted by Crippen LogP contribution is -2.26. The molecular weight excluding hydrogens is 1030 g/mol. The van der Waals surface area contributed by atoms with Crippen LogP contribution in [-0.2, 0) is 46.4 Å². The molecule has 4 aliphatic carbocycles. The minimum atomic E-state index is -0.342. The Bertz CT molecular complexity index is 3680. The van der Waals surface area contributed by atoms with Crippen LogP contribution in [0.15, 0.2) is 271 Å². The molecule has 0 radical (unpaired) electrons. The Labute approximate surface area is 474 Å². The molecule has 14 rings (SSSR count). The lowest BCUT2D eigenvalue weighted by molar-refractivity contribution is 0.0237. The van der Waals surface area contributed by atoms with Gasteiger partial charge in [0.2, 0.25) is 0 Å². The molecule has 388 valence electrons. The van der Waals surface area contributed by atoms with Crippen LogP contribution in [0.5, 0.6) is 0 Å². The molecule has 0 spiro atoms. The number of nitrogens with one attached hydrogen (secondary N) is 1. The van der Waals surface area contributed by atoms with Gasteiger partial charge >= 0.3 is 0 Å². The van der Waals surface area contributed by atoms with Crippen molar-refractivity contribution in [3.05, 3.63) is 338 Å². The maximum atomic E-state index is 6.09. The molecule has 2 atom stereocenters. The van der Waals surface area contributed by atoms with E-state index in [9.17, 15) is 0 Å². The molecule has 0 aliphatic heterocycles. The summed E-state index contributed by atoms with van der Waals surface area (Å²) < 4.78 is 13.2. The monoisotopic (exact) mass is 1090 g/mol. The van der Waals surface area contributed by atoms with Crippen LogP contribution >= 0.6 is 15.9 Å². The minimum Gasteiger partial charge on any atom is -0.369 e. The first-order valence-electron chi connectivity index (χ1n) is 27.5. The van der Waals surface area contributed by atoms with Gasteiger partial charge in [0, 0.05) is 35.8 Å². The molecule has 79 heavy (non-hydrogen) atoms. The summed E-state index contributed by atoms with van der Waals surface area (Å²) in [6.07, 6.45) is 10.7. The van der Waals surface area contributed by atoms with E-state index in [0.29, 0.717) is 0 Å². The molecule has 0 aromatic heterocycles. The van der Waals surface area contributed by atoms with Crippen LogP contribution in [0.2, 0.25) is 0 Å². The summed E-state index contributed by atoms with van der Waals surface area (Å²) in [5, 5.41) is 3.56. The summed E-state index contributed by atoms with van der Waals surface area (Å²) in [5.74, 6) is 0. The van der Waals surface area contributed by atoms with E-state index < -0.39 is 0 Å². The Morgan fingerprint density at radius 3 is 1.32 bits per heavy atom. The molecule has 0 amide bonds. The number of methoxy groups -OCH3 is 2. The normalized spacial score (nSPS) is 17.1. The Balaban J connectivity index is 0.000000128. The van der Waals surface area contributed by atoms with Gasteiger partial charge in [-0.2, -0.15) is 0 Å². The maximum Gasteiger partial charge on any atom is 0.118 e. The van der Waals surface area contributed by atoms with Gasteiger partial charge in [0.05, 0.1) is 11.4 Å². The standard InChI is InChI=1S/C36H27N.C22H21NO.C16H15BrO/c1-4-12-26(13-5-1)29-22-24-33-31(29)18-10-20-35(33)37(28-16-8-3-9-17-28)36-21-11-19-32-30(23-25-34(32)36)27-14-6-2-7-15-27;1-24-22(17-9-4-2-5-10-17)16-15-19-20(22)13-8-14-21(19)23-18-11-6-3-7-12-18;1-18-16(12-6-3-2-4-7-12)11-10-13-14(16)8-5-9-15(13)17/h1-23H,24-25H2;2-14,23H,15-16H2,1H3;2-9H,10-11H2,1H3. The molecule has 5 heteroatoms. The Morgan fingerprint density at radius 1 is 0.405 bits per heavy atom. The first-order valence-corrected chi connectivity index (χ1v) is 28.3. The van der Waals surface area contributed by atoms with Crippen LogP contribution in [0.1, 0.15) is 79.6 Å². The SMILES string of the molecule is C1=C(c2ccccc2)c2cccc(N(c3ccccc3)c3cccc4c3CC=C4c3ccccc3)c2C1.COC1(c2ccccc2)CCc2c(Br)cccc21.COC1(c2ccccc2)CCc2c(Nc3ccccc3)cccc21. The average Bonchev–Trinajstić information content (AvgIpc) is 4.53. The third-order valence-electron chi connectivity index (χ3n) is 16.4. The predicted octanol–water partition coefficient (Wildman–Crippen LogP) is 18.7. The van der Waals surface area contributed by atoms with E-state index in [1.54, 1.807) is 0 Å². The van der Waals surface area contributed by atoms with Crippen molar-refractivity contribution >= 4 is 55.5 Å². The van der Waals surface area contributed by atoms with Gasteiger partial charge in [-0.3, -0.25) is 0 Å². The number of nitrogens with zero attached hydrogens (tertiary/aromatic N) is 1. The molecule has 0 bridgehead atoms. The summed E-state index contributed by atoms with van der Waals surface area (Å²) in [6, 6.07) is 90.1. The van der Waals surface area contributed by atoms with Crippen molar-refractivity contribution in [1.29, 1.82) is 0 Å². The van der Waals surface area contributed by atoms with E-state index in [-0.39, 0.29) is 11.2 Å². The number of hydrogen-bond acceptors (Lipinski definition) is 4. The van der Waals surface area contributed by atoms with Crippen molar-refractivity contribution in [2.45, 2.75) is 49.7 Å². The van der Waals surface area contributed by atoms with Gasteiger partial charge in [0.15, 0.2) is 0 Å². The zero-order chi connectivity index (χ0) is 53.6. The third kappa shape index (κ3) is 9.89. The first kappa shape index (κ1) is 51.4. The van der Waals surface area contributed by atoms with Gasteiger partial charge in [-0.1, -0.05) is 234 Å². The van der Waals surface area contributed by atoms with Gasteiger partial charge in [-0.15, -0.1) is 0 Å². The number of rotatable bonds is 11. The lowest BCUT2D eigenvalue weighted by Gasteiger charge is -2.30. The van der Waals surface area contributed by atoms with Crippen LogP contribution in [0.3, 0.4) is 0 Å². The van der Waals surface area contributed by atoms with Gasteiger partial charge in [0.1, 0.15) is 11.2 Å². The third-order valence-corrected chi connectivity index (χ3v) is 17.2. The fourth-order valence-corrected chi connectivity index (χ4v) is 13.2. The van der Waals surface area contributed by atoms with E-state index in [4.69, 9.17) is 9.47 Å². The molecule has 0 heterocycles. The quantitative estimate of drug-likeness (QED) is 0.140. The number of halogens is 1. The van der Waals surface area contributed by atoms with E-state index in [1.165, 1.54) is 105 Å². The van der Waals surface area contributed by atoms with Crippen molar-refractivity contribution in [2.24, 2.45) is 0 Å². The van der Waals surface area contributed by atoms with Gasteiger partial charge in [-0.05, 0) is 165 Å².